The Kier molecular flexibility index (Phi) is 6.18. The van der Waals surface area contributed by atoms with Crippen molar-refractivity contribution in [1.29, 1.82) is 0 Å². The summed E-state index contributed by atoms with van der Waals surface area (Å²) >= 11 is 0. The standard InChI is InChI=1S/C24H28N2O2/c1-19-6-4-8-21(16-19)18-25-12-14-26(15-13-25)23(27)22-9-5-7-20(17-22)10-11-24(2,3)28/h4-9,16-17,28H,12-15,18H2,1-3H3. The Labute approximate surface area is 167 Å². The van der Waals surface area contributed by atoms with Crippen molar-refractivity contribution in [1.82, 2.24) is 9.80 Å². The van der Waals surface area contributed by atoms with Gasteiger partial charge < -0.3 is 10.0 Å². The molecule has 2 aromatic carbocycles. The van der Waals surface area contributed by atoms with Gasteiger partial charge in [-0.05, 0) is 44.5 Å². The Hall–Kier alpha value is -2.61. The van der Waals surface area contributed by atoms with Crippen molar-refractivity contribution in [3.05, 3.63) is 70.8 Å². The van der Waals surface area contributed by atoms with E-state index in [9.17, 15) is 9.90 Å². The van der Waals surface area contributed by atoms with Gasteiger partial charge in [0.05, 0.1) is 0 Å². The van der Waals surface area contributed by atoms with Crippen LogP contribution in [0.3, 0.4) is 0 Å². The number of aliphatic hydroxyl groups is 1. The van der Waals surface area contributed by atoms with Crippen LogP contribution >= 0.6 is 0 Å². The number of piperazine rings is 1. The van der Waals surface area contributed by atoms with Crippen molar-refractivity contribution >= 4 is 5.91 Å². The molecule has 1 N–H and O–H groups in total. The fourth-order valence-corrected chi connectivity index (χ4v) is 3.32. The summed E-state index contributed by atoms with van der Waals surface area (Å²) in [6.45, 7) is 9.52. The number of carbonyl (C=O) groups is 1. The lowest BCUT2D eigenvalue weighted by Gasteiger charge is -2.34. The molecule has 1 aliphatic heterocycles. The molecule has 1 fully saturated rings. The Morgan fingerprint density at radius 3 is 2.46 bits per heavy atom. The number of benzene rings is 2. The van der Waals surface area contributed by atoms with E-state index < -0.39 is 5.60 Å². The molecule has 4 nitrogen and oxygen atoms in total. The number of amides is 1. The van der Waals surface area contributed by atoms with Crippen LogP contribution in [0.15, 0.2) is 48.5 Å². The highest BCUT2D eigenvalue weighted by molar-refractivity contribution is 5.94. The summed E-state index contributed by atoms with van der Waals surface area (Å²) in [5, 5.41) is 9.75. The Morgan fingerprint density at radius 1 is 1.07 bits per heavy atom. The summed E-state index contributed by atoms with van der Waals surface area (Å²) in [4.78, 5) is 17.2. The molecular formula is C24H28N2O2. The molecule has 0 aliphatic carbocycles. The van der Waals surface area contributed by atoms with Crippen LogP contribution in [-0.2, 0) is 6.54 Å². The van der Waals surface area contributed by atoms with E-state index in [0.29, 0.717) is 5.56 Å². The first kappa shape index (κ1) is 20.1. The van der Waals surface area contributed by atoms with E-state index in [1.54, 1.807) is 19.9 Å². The fourth-order valence-electron chi connectivity index (χ4n) is 3.32. The number of hydrogen-bond donors (Lipinski definition) is 1. The van der Waals surface area contributed by atoms with Crippen molar-refractivity contribution in [3.63, 3.8) is 0 Å². The van der Waals surface area contributed by atoms with Crippen LogP contribution in [0.4, 0.5) is 0 Å². The topological polar surface area (TPSA) is 43.8 Å². The summed E-state index contributed by atoms with van der Waals surface area (Å²) in [6, 6.07) is 15.9. The summed E-state index contributed by atoms with van der Waals surface area (Å²) in [6.07, 6.45) is 0. The maximum Gasteiger partial charge on any atom is 0.253 e. The molecule has 0 saturated carbocycles. The number of hydrogen-bond acceptors (Lipinski definition) is 3. The maximum absolute atomic E-state index is 12.9. The Balaban J connectivity index is 1.60. The molecule has 1 heterocycles. The molecule has 3 rings (SSSR count). The van der Waals surface area contributed by atoms with Crippen molar-refractivity contribution in [2.24, 2.45) is 0 Å². The normalized spacial score (nSPS) is 15.1. The summed E-state index contributed by atoms with van der Waals surface area (Å²) in [5.41, 5.74) is 2.94. The number of nitrogens with zero attached hydrogens (tertiary/aromatic N) is 2. The van der Waals surface area contributed by atoms with Crippen LogP contribution in [-0.4, -0.2) is 52.6 Å². The highest BCUT2D eigenvalue weighted by Crippen LogP contribution is 2.14. The molecule has 0 spiro atoms. The lowest BCUT2D eigenvalue weighted by molar-refractivity contribution is 0.0628. The van der Waals surface area contributed by atoms with E-state index >= 15 is 0 Å². The van der Waals surface area contributed by atoms with Crippen LogP contribution in [0.1, 0.15) is 40.9 Å². The van der Waals surface area contributed by atoms with E-state index in [2.05, 4.69) is 47.9 Å². The first-order valence-electron chi connectivity index (χ1n) is 9.73. The second-order valence-electron chi connectivity index (χ2n) is 7.95. The highest BCUT2D eigenvalue weighted by Gasteiger charge is 2.22. The van der Waals surface area contributed by atoms with E-state index in [4.69, 9.17) is 0 Å². The van der Waals surface area contributed by atoms with Gasteiger partial charge >= 0.3 is 0 Å². The van der Waals surface area contributed by atoms with Gasteiger partial charge in [0.15, 0.2) is 0 Å². The van der Waals surface area contributed by atoms with E-state index in [1.807, 2.05) is 23.1 Å². The fraction of sp³-hybridized carbons (Fsp3) is 0.375. The number of aryl methyl sites for hydroxylation is 1. The van der Waals surface area contributed by atoms with Crippen LogP contribution in [0.25, 0.3) is 0 Å². The average molecular weight is 377 g/mol. The van der Waals surface area contributed by atoms with E-state index in [1.165, 1.54) is 11.1 Å². The SMILES string of the molecule is Cc1cccc(CN2CCN(C(=O)c3cccc(C#CC(C)(C)O)c3)CC2)c1. The first-order valence-corrected chi connectivity index (χ1v) is 9.73. The van der Waals surface area contributed by atoms with E-state index in [-0.39, 0.29) is 5.91 Å². The first-order chi connectivity index (χ1) is 13.3. The van der Waals surface area contributed by atoms with Gasteiger partial charge in [-0.15, -0.1) is 0 Å². The zero-order chi connectivity index (χ0) is 20.1. The van der Waals surface area contributed by atoms with Crippen molar-refractivity contribution in [2.75, 3.05) is 26.2 Å². The largest absolute Gasteiger partial charge is 0.378 e. The minimum Gasteiger partial charge on any atom is -0.378 e. The van der Waals surface area contributed by atoms with Gasteiger partial charge in [-0.3, -0.25) is 9.69 Å². The molecule has 2 aromatic rings. The molecule has 0 unspecified atom stereocenters. The van der Waals surface area contributed by atoms with Crippen LogP contribution < -0.4 is 0 Å². The lowest BCUT2D eigenvalue weighted by atomic mass is 10.1. The predicted molar refractivity (Wildman–Crippen MR) is 112 cm³/mol. The molecule has 1 amide bonds. The quantitative estimate of drug-likeness (QED) is 0.838. The van der Waals surface area contributed by atoms with Gasteiger partial charge in [-0.25, -0.2) is 0 Å². The molecule has 4 heteroatoms. The van der Waals surface area contributed by atoms with Gasteiger partial charge in [0.2, 0.25) is 0 Å². The Bertz CT molecular complexity index is 895. The van der Waals surface area contributed by atoms with Crippen molar-refractivity contribution in [3.8, 4) is 11.8 Å². The van der Waals surface area contributed by atoms with Crippen molar-refractivity contribution in [2.45, 2.75) is 32.9 Å². The van der Waals surface area contributed by atoms with Gasteiger partial charge in [-0.2, -0.15) is 0 Å². The second-order valence-corrected chi connectivity index (χ2v) is 7.95. The Morgan fingerprint density at radius 2 is 1.79 bits per heavy atom. The minimum atomic E-state index is -1.05. The molecule has 1 aliphatic rings. The van der Waals surface area contributed by atoms with Gasteiger partial charge in [0.1, 0.15) is 5.60 Å². The number of carbonyl (C=O) groups excluding carboxylic acids is 1. The predicted octanol–water partition coefficient (Wildman–Crippen LogP) is 3.08. The van der Waals surface area contributed by atoms with Crippen LogP contribution in [0.2, 0.25) is 0 Å². The molecule has 28 heavy (non-hydrogen) atoms. The van der Waals surface area contributed by atoms with E-state index in [0.717, 1.165) is 38.3 Å². The third-order valence-electron chi connectivity index (χ3n) is 4.77. The van der Waals surface area contributed by atoms with Crippen molar-refractivity contribution < 1.29 is 9.90 Å². The molecular weight excluding hydrogens is 348 g/mol. The lowest BCUT2D eigenvalue weighted by Crippen LogP contribution is -2.48. The number of rotatable bonds is 3. The average Bonchev–Trinajstić information content (AvgIpc) is 2.66. The second kappa shape index (κ2) is 8.60. The van der Waals surface area contributed by atoms with Crippen LogP contribution in [0.5, 0.6) is 0 Å². The molecule has 0 atom stereocenters. The highest BCUT2D eigenvalue weighted by atomic mass is 16.3. The molecule has 1 saturated heterocycles. The third-order valence-corrected chi connectivity index (χ3v) is 4.77. The molecule has 146 valence electrons. The zero-order valence-electron chi connectivity index (χ0n) is 16.9. The summed E-state index contributed by atoms with van der Waals surface area (Å²) in [5.74, 6) is 5.78. The maximum atomic E-state index is 12.9. The minimum absolute atomic E-state index is 0.0436. The molecule has 0 aromatic heterocycles. The van der Waals surface area contributed by atoms with Gasteiger partial charge in [-0.1, -0.05) is 47.7 Å². The van der Waals surface area contributed by atoms with Gasteiger partial charge in [0.25, 0.3) is 5.91 Å². The molecule has 0 radical (unpaired) electrons. The summed E-state index contributed by atoms with van der Waals surface area (Å²) < 4.78 is 0. The van der Waals surface area contributed by atoms with Crippen LogP contribution in [0, 0.1) is 18.8 Å². The third kappa shape index (κ3) is 5.69. The molecule has 0 bridgehead atoms. The van der Waals surface area contributed by atoms with Gasteiger partial charge in [0, 0.05) is 43.9 Å². The summed E-state index contributed by atoms with van der Waals surface area (Å²) in [7, 11) is 0. The zero-order valence-corrected chi connectivity index (χ0v) is 16.9. The smallest absolute Gasteiger partial charge is 0.253 e. The monoisotopic (exact) mass is 376 g/mol.